The standard InChI is InChI=1S/C9H12FN3O.ClH/c1-14-8-4-6(2-3-7(8)10)5-13-9(11)12;/h2-4H,5H2,1H3,(H4,11,12,13);1H. The van der Waals surface area contributed by atoms with Crippen LogP contribution in [0.25, 0.3) is 0 Å². The molecule has 0 aliphatic heterocycles. The van der Waals surface area contributed by atoms with Crippen LogP contribution >= 0.6 is 0 Å². The molecular formula is C9H13ClFN3O. The summed E-state index contributed by atoms with van der Waals surface area (Å²) < 4.78 is 17.8. The van der Waals surface area contributed by atoms with Gasteiger partial charge in [-0.2, -0.15) is 0 Å². The Morgan fingerprint density at radius 3 is 2.80 bits per heavy atom. The SMILES string of the molecule is COc1cc(C[NH2+]C(=N)N)ccc1F.[Cl-]. The number of hydrogen-bond acceptors (Lipinski definition) is 2. The highest BCUT2D eigenvalue weighted by molar-refractivity contribution is 5.63. The van der Waals surface area contributed by atoms with Crippen molar-refractivity contribution in [2.24, 2.45) is 5.73 Å². The van der Waals surface area contributed by atoms with Crippen LogP contribution < -0.4 is 28.2 Å². The van der Waals surface area contributed by atoms with E-state index in [-0.39, 0.29) is 29.9 Å². The molecule has 0 aliphatic carbocycles. The van der Waals surface area contributed by atoms with Crippen molar-refractivity contribution in [2.75, 3.05) is 7.11 Å². The average Bonchev–Trinajstić information content (AvgIpc) is 2.16. The van der Waals surface area contributed by atoms with E-state index in [0.717, 1.165) is 5.56 Å². The third-order valence-corrected chi connectivity index (χ3v) is 1.77. The van der Waals surface area contributed by atoms with E-state index < -0.39 is 0 Å². The Morgan fingerprint density at radius 1 is 1.60 bits per heavy atom. The normalized spacial score (nSPS) is 9.20. The van der Waals surface area contributed by atoms with Crippen LogP contribution in [0.15, 0.2) is 18.2 Å². The van der Waals surface area contributed by atoms with E-state index in [1.807, 2.05) is 0 Å². The van der Waals surface area contributed by atoms with Crippen LogP contribution in [0.1, 0.15) is 5.56 Å². The smallest absolute Gasteiger partial charge is 0.289 e. The molecule has 5 N–H and O–H groups in total. The predicted molar refractivity (Wildman–Crippen MR) is 50.5 cm³/mol. The van der Waals surface area contributed by atoms with Gasteiger partial charge in [-0.3, -0.25) is 5.32 Å². The van der Waals surface area contributed by atoms with Gasteiger partial charge in [0.05, 0.1) is 7.11 Å². The fraction of sp³-hybridized carbons (Fsp3) is 0.222. The molecule has 0 saturated carbocycles. The van der Waals surface area contributed by atoms with Gasteiger partial charge in [0.2, 0.25) is 0 Å². The number of rotatable bonds is 3. The predicted octanol–water partition coefficient (Wildman–Crippen LogP) is -3.20. The largest absolute Gasteiger partial charge is 1.00 e. The molecule has 0 spiro atoms. The van der Waals surface area contributed by atoms with E-state index in [2.05, 4.69) is 0 Å². The number of benzene rings is 1. The number of guanidine groups is 1. The number of methoxy groups -OCH3 is 1. The van der Waals surface area contributed by atoms with E-state index in [1.54, 1.807) is 17.4 Å². The van der Waals surface area contributed by atoms with Crippen molar-refractivity contribution < 1.29 is 26.9 Å². The Balaban J connectivity index is 0.00000196. The monoisotopic (exact) mass is 233 g/mol. The van der Waals surface area contributed by atoms with Crippen molar-refractivity contribution in [1.29, 1.82) is 5.41 Å². The minimum Gasteiger partial charge on any atom is -1.00 e. The molecule has 0 amide bonds. The van der Waals surface area contributed by atoms with E-state index in [0.29, 0.717) is 6.54 Å². The molecular weight excluding hydrogens is 221 g/mol. The number of ether oxygens (including phenoxy) is 1. The van der Waals surface area contributed by atoms with Crippen molar-refractivity contribution in [2.45, 2.75) is 6.54 Å². The molecule has 0 saturated heterocycles. The first-order chi connectivity index (χ1) is 6.63. The highest BCUT2D eigenvalue weighted by Gasteiger charge is 2.04. The first-order valence-electron chi connectivity index (χ1n) is 4.13. The zero-order valence-electron chi connectivity index (χ0n) is 8.26. The zero-order chi connectivity index (χ0) is 10.6. The van der Waals surface area contributed by atoms with E-state index in [1.165, 1.54) is 13.2 Å². The zero-order valence-corrected chi connectivity index (χ0v) is 9.01. The Labute approximate surface area is 93.5 Å². The van der Waals surface area contributed by atoms with Gasteiger partial charge in [0.1, 0.15) is 6.54 Å². The maximum atomic E-state index is 13.0. The van der Waals surface area contributed by atoms with Crippen LogP contribution in [0.3, 0.4) is 0 Å². The molecule has 0 bridgehead atoms. The topological polar surface area (TPSA) is 75.7 Å². The van der Waals surface area contributed by atoms with Gasteiger partial charge in [0, 0.05) is 5.56 Å². The van der Waals surface area contributed by atoms with E-state index >= 15 is 0 Å². The van der Waals surface area contributed by atoms with Crippen LogP contribution in [-0.2, 0) is 6.54 Å². The second-order valence-electron chi connectivity index (χ2n) is 2.83. The summed E-state index contributed by atoms with van der Waals surface area (Å²) in [7, 11) is 1.41. The second kappa shape index (κ2) is 6.21. The minimum atomic E-state index is -0.390. The minimum absolute atomic E-state index is 0. The Kier molecular flexibility index (Phi) is 5.66. The van der Waals surface area contributed by atoms with Crippen molar-refractivity contribution in [1.82, 2.24) is 0 Å². The van der Waals surface area contributed by atoms with Crippen LogP contribution in [0.4, 0.5) is 4.39 Å². The molecule has 0 fully saturated rings. The molecule has 0 unspecified atom stereocenters. The van der Waals surface area contributed by atoms with Gasteiger partial charge in [0.25, 0.3) is 5.96 Å². The van der Waals surface area contributed by atoms with Gasteiger partial charge in [0.15, 0.2) is 11.6 Å². The number of nitrogens with one attached hydrogen (secondary N) is 1. The summed E-state index contributed by atoms with van der Waals surface area (Å²) in [5, 5.41) is 8.55. The lowest BCUT2D eigenvalue weighted by Gasteiger charge is -2.04. The average molecular weight is 234 g/mol. The van der Waals surface area contributed by atoms with Gasteiger partial charge in [-0.1, -0.05) is 6.07 Å². The second-order valence-corrected chi connectivity index (χ2v) is 2.83. The first kappa shape index (κ1) is 13.7. The molecule has 1 aromatic carbocycles. The third-order valence-electron chi connectivity index (χ3n) is 1.77. The van der Waals surface area contributed by atoms with Gasteiger partial charge in [-0.15, -0.1) is 0 Å². The Hall–Kier alpha value is -1.33. The number of halogens is 2. The molecule has 0 atom stereocenters. The quantitative estimate of drug-likeness (QED) is 0.380. The number of hydrogen-bond donors (Lipinski definition) is 3. The summed E-state index contributed by atoms with van der Waals surface area (Å²) in [5.74, 6) is -0.174. The molecule has 1 aromatic rings. The van der Waals surface area contributed by atoms with Crippen molar-refractivity contribution in [3.05, 3.63) is 29.6 Å². The fourth-order valence-corrected chi connectivity index (χ4v) is 1.06. The van der Waals surface area contributed by atoms with Crippen molar-refractivity contribution in [3.63, 3.8) is 0 Å². The van der Waals surface area contributed by atoms with Crippen molar-refractivity contribution in [3.8, 4) is 5.75 Å². The van der Waals surface area contributed by atoms with Gasteiger partial charge >= 0.3 is 0 Å². The Bertz CT molecular complexity index is 346. The summed E-state index contributed by atoms with van der Waals surface area (Å²) in [4.78, 5) is 0. The first-order valence-corrected chi connectivity index (χ1v) is 4.13. The molecule has 6 heteroatoms. The molecule has 0 radical (unpaired) electrons. The molecule has 0 aromatic heterocycles. The summed E-state index contributed by atoms with van der Waals surface area (Å²) in [6, 6.07) is 4.56. The molecule has 15 heavy (non-hydrogen) atoms. The van der Waals surface area contributed by atoms with Crippen LogP contribution in [0, 0.1) is 11.2 Å². The molecule has 4 nitrogen and oxygen atoms in total. The highest BCUT2D eigenvalue weighted by atomic mass is 35.5. The van der Waals surface area contributed by atoms with E-state index in [9.17, 15) is 4.39 Å². The molecule has 1 rings (SSSR count). The Morgan fingerprint density at radius 2 is 2.27 bits per heavy atom. The maximum absolute atomic E-state index is 13.0. The molecule has 0 heterocycles. The van der Waals surface area contributed by atoms with Crippen LogP contribution in [0.5, 0.6) is 5.75 Å². The summed E-state index contributed by atoms with van der Waals surface area (Å²) in [6.07, 6.45) is 0. The number of nitrogens with two attached hydrogens (primary N) is 2. The lowest BCUT2D eigenvalue weighted by atomic mass is 10.2. The van der Waals surface area contributed by atoms with Gasteiger partial charge in [-0.05, 0) is 12.1 Å². The highest BCUT2D eigenvalue weighted by Crippen LogP contribution is 2.17. The van der Waals surface area contributed by atoms with Crippen LogP contribution in [-0.4, -0.2) is 13.1 Å². The van der Waals surface area contributed by atoms with Crippen molar-refractivity contribution >= 4 is 5.96 Å². The lowest BCUT2D eigenvalue weighted by Crippen LogP contribution is -3.00. The lowest BCUT2D eigenvalue weighted by molar-refractivity contribution is -0.560. The fourth-order valence-electron chi connectivity index (χ4n) is 1.06. The molecule has 84 valence electrons. The molecule has 0 aliphatic rings. The maximum Gasteiger partial charge on any atom is 0.289 e. The summed E-state index contributed by atoms with van der Waals surface area (Å²) in [5.41, 5.74) is 6.02. The van der Waals surface area contributed by atoms with E-state index in [4.69, 9.17) is 15.9 Å². The van der Waals surface area contributed by atoms with Gasteiger partial charge < -0.3 is 22.9 Å². The summed E-state index contributed by atoms with van der Waals surface area (Å²) >= 11 is 0. The van der Waals surface area contributed by atoms with Gasteiger partial charge in [-0.25, -0.2) is 9.80 Å². The summed E-state index contributed by atoms with van der Waals surface area (Å²) in [6.45, 7) is 0.506. The number of quaternary nitrogens is 1. The van der Waals surface area contributed by atoms with Crippen LogP contribution in [0.2, 0.25) is 0 Å². The third kappa shape index (κ3) is 4.14.